The molecule has 33 heavy (non-hydrogen) atoms. The molecule has 2 N–H and O–H groups in total. The summed E-state index contributed by atoms with van der Waals surface area (Å²) in [6, 6.07) is 16.1. The minimum Gasteiger partial charge on any atom is -0.508 e. The molecular formula is C26H22N2O5. The third kappa shape index (κ3) is 3.43. The van der Waals surface area contributed by atoms with Crippen molar-refractivity contribution in [3.8, 4) is 34.2 Å². The number of likely N-dealkylation sites (N-methyl/N-ethyl adjacent to an activating group) is 1. The van der Waals surface area contributed by atoms with Crippen LogP contribution in [0.1, 0.15) is 15.9 Å². The Hall–Kier alpha value is -4.10. The van der Waals surface area contributed by atoms with Crippen molar-refractivity contribution in [2.75, 3.05) is 27.2 Å². The summed E-state index contributed by atoms with van der Waals surface area (Å²) in [5.74, 6) is 0.315. The predicted octanol–water partition coefficient (Wildman–Crippen LogP) is 3.55. The Morgan fingerprint density at radius 3 is 2.27 bits per heavy atom. The number of phenolic OH excluding ortho intramolecular Hbond substituents is 2. The number of hydrogen-bond donors (Lipinski definition) is 2. The maximum Gasteiger partial charge on any atom is 0.263 e. The quantitative estimate of drug-likeness (QED) is 0.433. The molecule has 0 unspecified atom stereocenters. The summed E-state index contributed by atoms with van der Waals surface area (Å²) < 4.78 is 7.25. The van der Waals surface area contributed by atoms with Gasteiger partial charge in [-0.25, -0.2) is 0 Å². The van der Waals surface area contributed by atoms with Gasteiger partial charge in [0.2, 0.25) is 0 Å². The van der Waals surface area contributed by atoms with Gasteiger partial charge in [0.25, 0.3) is 5.56 Å². The van der Waals surface area contributed by atoms with Gasteiger partial charge in [0.05, 0.1) is 16.6 Å². The highest BCUT2D eigenvalue weighted by atomic mass is 16.5. The monoisotopic (exact) mass is 442 g/mol. The van der Waals surface area contributed by atoms with Crippen LogP contribution < -0.4 is 10.3 Å². The first-order valence-corrected chi connectivity index (χ1v) is 10.5. The van der Waals surface area contributed by atoms with Crippen molar-refractivity contribution < 1.29 is 19.7 Å². The molecule has 0 spiro atoms. The van der Waals surface area contributed by atoms with Crippen molar-refractivity contribution >= 4 is 16.6 Å². The molecule has 0 atom stereocenters. The Kier molecular flexibility index (Phi) is 4.91. The van der Waals surface area contributed by atoms with E-state index in [0.29, 0.717) is 45.8 Å². The van der Waals surface area contributed by atoms with Gasteiger partial charge in [-0.3, -0.25) is 14.2 Å². The smallest absolute Gasteiger partial charge is 0.263 e. The van der Waals surface area contributed by atoms with E-state index in [2.05, 4.69) is 0 Å². The lowest BCUT2D eigenvalue weighted by Crippen LogP contribution is -2.22. The number of ether oxygens (including phenoxy) is 1. The first-order chi connectivity index (χ1) is 15.8. The van der Waals surface area contributed by atoms with E-state index in [1.165, 1.54) is 28.8 Å². The van der Waals surface area contributed by atoms with Crippen LogP contribution in [0.3, 0.4) is 0 Å². The molecule has 0 saturated carbocycles. The number of hydrogen-bond acceptors (Lipinski definition) is 6. The molecule has 0 saturated heterocycles. The highest BCUT2D eigenvalue weighted by molar-refractivity contribution is 6.27. The van der Waals surface area contributed by atoms with Gasteiger partial charge >= 0.3 is 0 Å². The molecule has 0 bridgehead atoms. The molecule has 7 heteroatoms. The van der Waals surface area contributed by atoms with E-state index in [9.17, 15) is 19.8 Å². The van der Waals surface area contributed by atoms with Crippen molar-refractivity contribution in [3.63, 3.8) is 0 Å². The number of nitrogens with zero attached hydrogens (tertiary/aromatic N) is 2. The topological polar surface area (TPSA) is 92.0 Å². The van der Waals surface area contributed by atoms with Gasteiger partial charge in [-0.05, 0) is 74.8 Å². The van der Waals surface area contributed by atoms with Crippen LogP contribution in [0.25, 0.3) is 27.7 Å². The molecule has 0 radical (unpaired) electrons. The fraction of sp³-hybridized carbons (Fsp3) is 0.154. The highest BCUT2D eigenvalue weighted by Crippen LogP contribution is 2.42. The first kappa shape index (κ1) is 20.8. The zero-order chi connectivity index (χ0) is 23.3. The molecular weight excluding hydrogens is 420 g/mol. The van der Waals surface area contributed by atoms with E-state index in [1.54, 1.807) is 36.4 Å². The molecule has 0 amide bonds. The van der Waals surface area contributed by atoms with Crippen LogP contribution >= 0.6 is 0 Å². The Bertz CT molecular complexity index is 1470. The molecule has 1 aromatic heterocycles. The van der Waals surface area contributed by atoms with Crippen LogP contribution in [0.15, 0.2) is 65.5 Å². The summed E-state index contributed by atoms with van der Waals surface area (Å²) in [6.45, 7) is 1.30. The standard InChI is InChI=1S/C26H22N2O5/c1-27(2)11-12-33-18-7-3-15(4-8-18)28-24-20-10-6-16(29)13-21(20)25(31)23(24)19-9-5-17(30)14-22(19)26(28)32/h3-10,13-14,29-30H,11-12H2,1-2H3. The number of benzene rings is 3. The molecule has 0 fully saturated rings. The van der Waals surface area contributed by atoms with Gasteiger partial charge in [0, 0.05) is 28.7 Å². The van der Waals surface area contributed by atoms with E-state index in [1.807, 2.05) is 19.0 Å². The van der Waals surface area contributed by atoms with E-state index in [4.69, 9.17) is 4.74 Å². The third-order valence-electron chi connectivity index (χ3n) is 5.80. The molecule has 0 aliphatic heterocycles. The van der Waals surface area contributed by atoms with E-state index in [-0.39, 0.29) is 28.2 Å². The first-order valence-electron chi connectivity index (χ1n) is 10.5. The molecule has 1 aliphatic rings. The van der Waals surface area contributed by atoms with Gasteiger partial charge in [-0.15, -0.1) is 0 Å². The van der Waals surface area contributed by atoms with Crippen molar-refractivity contribution in [3.05, 3.63) is 82.1 Å². The Labute approximate surface area is 189 Å². The molecule has 1 aliphatic carbocycles. The van der Waals surface area contributed by atoms with Crippen LogP contribution in [0.5, 0.6) is 17.2 Å². The average Bonchev–Trinajstić information content (AvgIpc) is 3.06. The summed E-state index contributed by atoms with van der Waals surface area (Å²) in [5, 5.41) is 20.7. The number of pyridine rings is 1. The van der Waals surface area contributed by atoms with E-state index in [0.717, 1.165) is 6.54 Å². The van der Waals surface area contributed by atoms with Crippen molar-refractivity contribution in [2.45, 2.75) is 0 Å². The molecule has 4 aromatic rings. The Morgan fingerprint density at radius 2 is 1.55 bits per heavy atom. The molecule has 7 nitrogen and oxygen atoms in total. The lowest BCUT2D eigenvalue weighted by atomic mass is 10.0. The van der Waals surface area contributed by atoms with Crippen LogP contribution in [-0.4, -0.2) is 52.7 Å². The van der Waals surface area contributed by atoms with Crippen molar-refractivity contribution in [2.24, 2.45) is 0 Å². The van der Waals surface area contributed by atoms with E-state index >= 15 is 0 Å². The lowest BCUT2D eigenvalue weighted by Gasteiger charge is -2.16. The zero-order valence-electron chi connectivity index (χ0n) is 18.2. The molecule has 1 heterocycles. The minimum atomic E-state index is -0.352. The summed E-state index contributed by atoms with van der Waals surface area (Å²) in [5.41, 5.74) is 1.97. The Morgan fingerprint density at radius 1 is 0.848 bits per heavy atom. The normalized spacial score (nSPS) is 12.3. The number of phenols is 2. The number of rotatable bonds is 5. The fourth-order valence-corrected chi connectivity index (χ4v) is 4.22. The zero-order valence-corrected chi connectivity index (χ0v) is 18.2. The highest BCUT2D eigenvalue weighted by Gasteiger charge is 2.33. The minimum absolute atomic E-state index is 0.0232. The molecule has 3 aromatic carbocycles. The van der Waals surface area contributed by atoms with Gasteiger partial charge in [-0.1, -0.05) is 0 Å². The van der Waals surface area contributed by atoms with Gasteiger partial charge in [0.1, 0.15) is 23.9 Å². The lowest BCUT2D eigenvalue weighted by molar-refractivity contribution is 0.104. The summed E-state index contributed by atoms with van der Waals surface area (Å²) >= 11 is 0. The fourth-order valence-electron chi connectivity index (χ4n) is 4.22. The number of ketones is 1. The third-order valence-corrected chi connectivity index (χ3v) is 5.80. The van der Waals surface area contributed by atoms with Crippen LogP contribution in [0.2, 0.25) is 0 Å². The van der Waals surface area contributed by atoms with Gasteiger partial charge in [-0.2, -0.15) is 0 Å². The summed E-state index contributed by atoms with van der Waals surface area (Å²) in [4.78, 5) is 29.0. The van der Waals surface area contributed by atoms with Gasteiger partial charge < -0.3 is 19.8 Å². The Balaban J connectivity index is 1.73. The molecule has 166 valence electrons. The predicted molar refractivity (Wildman–Crippen MR) is 126 cm³/mol. The second-order valence-corrected chi connectivity index (χ2v) is 8.30. The SMILES string of the molecule is CN(C)CCOc1ccc(-n2c3c(c4ccc(O)cc4c2=O)C(=O)c2cc(O)ccc2-3)cc1. The van der Waals surface area contributed by atoms with Gasteiger partial charge in [0.15, 0.2) is 5.78 Å². The largest absolute Gasteiger partial charge is 0.508 e. The van der Waals surface area contributed by atoms with Crippen LogP contribution in [0.4, 0.5) is 0 Å². The maximum atomic E-state index is 13.6. The summed E-state index contributed by atoms with van der Waals surface area (Å²) in [7, 11) is 3.94. The average molecular weight is 442 g/mol. The number of fused-ring (bicyclic) bond motifs is 5. The number of carbonyl (C=O) groups excluding carboxylic acids is 1. The second kappa shape index (κ2) is 7.79. The number of aromatic nitrogens is 1. The van der Waals surface area contributed by atoms with Crippen LogP contribution in [-0.2, 0) is 0 Å². The maximum absolute atomic E-state index is 13.6. The van der Waals surface area contributed by atoms with E-state index < -0.39 is 0 Å². The number of carbonyl (C=O) groups is 1. The second-order valence-electron chi connectivity index (χ2n) is 8.30. The number of aromatic hydroxyl groups is 2. The van der Waals surface area contributed by atoms with Crippen molar-refractivity contribution in [1.82, 2.24) is 9.47 Å². The summed E-state index contributed by atoms with van der Waals surface area (Å²) in [6.07, 6.45) is 0. The molecule has 5 rings (SSSR count). The van der Waals surface area contributed by atoms with Crippen LogP contribution in [0, 0.1) is 0 Å². The van der Waals surface area contributed by atoms with Crippen molar-refractivity contribution in [1.29, 1.82) is 0 Å².